The lowest BCUT2D eigenvalue weighted by atomic mass is 10.5. The SMILES string of the molecule is Cn1cc(NS(=O)(=O)c2cccnc2N)cn1. The van der Waals surface area contributed by atoms with Crippen molar-refractivity contribution in [1.82, 2.24) is 14.8 Å². The lowest BCUT2D eigenvalue weighted by Crippen LogP contribution is -2.15. The molecule has 0 fully saturated rings. The van der Waals surface area contributed by atoms with Gasteiger partial charge in [-0.2, -0.15) is 5.10 Å². The summed E-state index contributed by atoms with van der Waals surface area (Å²) in [5.41, 5.74) is 5.89. The largest absolute Gasteiger partial charge is 0.383 e. The molecule has 2 rings (SSSR count). The Morgan fingerprint density at radius 2 is 2.24 bits per heavy atom. The Kier molecular flexibility index (Phi) is 2.72. The van der Waals surface area contributed by atoms with Crippen molar-refractivity contribution in [2.75, 3.05) is 10.5 Å². The summed E-state index contributed by atoms with van der Waals surface area (Å²) in [5.74, 6) is -0.0381. The second-order valence-electron chi connectivity index (χ2n) is 3.39. The zero-order chi connectivity index (χ0) is 12.5. The van der Waals surface area contributed by atoms with Gasteiger partial charge in [-0.05, 0) is 12.1 Å². The van der Waals surface area contributed by atoms with Crippen LogP contribution in [0.1, 0.15) is 0 Å². The molecule has 0 aliphatic carbocycles. The highest BCUT2D eigenvalue weighted by atomic mass is 32.2. The van der Waals surface area contributed by atoms with Crippen LogP contribution in [0.5, 0.6) is 0 Å². The predicted octanol–water partition coefficient (Wildman–Crippen LogP) is 0.198. The number of nitrogens with two attached hydrogens (primary N) is 1. The fourth-order valence-corrected chi connectivity index (χ4v) is 2.43. The third-order valence-corrected chi connectivity index (χ3v) is 3.48. The number of nitrogens with one attached hydrogen (secondary N) is 1. The van der Waals surface area contributed by atoms with E-state index in [-0.39, 0.29) is 10.7 Å². The molecular weight excluding hydrogens is 242 g/mol. The lowest BCUT2D eigenvalue weighted by Gasteiger charge is -2.06. The molecule has 0 aromatic carbocycles. The van der Waals surface area contributed by atoms with Gasteiger partial charge >= 0.3 is 0 Å². The van der Waals surface area contributed by atoms with E-state index in [1.54, 1.807) is 13.2 Å². The van der Waals surface area contributed by atoms with Crippen molar-refractivity contribution in [3.63, 3.8) is 0 Å². The molecule has 8 heteroatoms. The van der Waals surface area contributed by atoms with Gasteiger partial charge in [0.25, 0.3) is 10.0 Å². The van der Waals surface area contributed by atoms with Crippen LogP contribution in [-0.4, -0.2) is 23.2 Å². The Labute approximate surface area is 98.3 Å². The van der Waals surface area contributed by atoms with E-state index in [9.17, 15) is 8.42 Å². The van der Waals surface area contributed by atoms with Crippen LogP contribution in [0.3, 0.4) is 0 Å². The van der Waals surface area contributed by atoms with Gasteiger partial charge in [-0.25, -0.2) is 13.4 Å². The molecule has 0 saturated carbocycles. The van der Waals surface area contributed by atoms with Crippen molar-refractivity contribution in [2.45, 2.75) is 4.90 Å². The van der Waals surface area contributed by atoms with E-state index < -0.39 is 10.0 Å². The average Bonchev–Trinajstić information content (AvgIpc) is 2.63. The number of hydrogen-bond acceptors (Lipinski definition) is 5. The zero-order valence-corrected chi connectivity index (χ0v) is 9.85. The molecule has 0 atom stereocenters. The number of hydrogen-bond donors (Lipinski definition) is 2. The molecule has 2 aromatic rings. The standard InChI is InChI=1S/C9H11N5O2S/c1-14-6-7(5-12-14)13-17(15,16)8-3-2-4-11-9(8)10/h2-6,13H,1H3,(H2,10,11). The molecule has 0 spiro atoms. The first-order valence-corrected chi connectivity index (χ1v) is 6.19. The molecule has 2 aromatic heterocycles. The van der Waals surface area contributed by atoms with E-state index in [0.717, 1.165) is 0 Å². The summed E-state index contributed by atoms with van der Waals surface area (Å²) in [4.78, 5) is 3.68. The van der Waals surface area contributed by atoms with Gasteiger partial charge in [0.2, 0.25) is 0 Å². The van der Waals surface area contributed by atoms with Crippen molar-refractivity contribution < 1.29 is 8.42 Å². The maximum absolute atomic E-state index is 12.0. The first-order chi connectivity index (χ1) is 7.99. The van der Waals surface area contributed by atoms with Crippen LogP contribution in [0.25, 0.3) is 0 Å². The van der Waals surface area contributed by atoms with E-state index in [2.05, 4.69) is 14.8 Å². The van der Waals surface area contributed by atoms with Crippen molar-refractivity contribution in [3.05, 3.63) is 30.7 Å². The molecule has 0 saturated heterocycles. The maximum Gasteiger partial charge on any atom is 0.265 e. The van der Waals surface area contributed by atoms with Gasteiger partial charge in [0.1, 0.15) is 10.7 Å². The minimum atomic E-state index is -3.72. The molecule has 2 heterocycles. The van der Waals surface area contributed by atoms with Crippen LogP contribution in [0.15, 0.2) is 35.6 Å². The quantitative estimate of drug-likeness (QED) is 0.813. The zero-order valence-electron chi connectivity index (χ0n) is 9.03. The fourth-order valence-electron chi connectivity index (χ4n) is 1.31. The first-order valence-electron chi connectivity index (χ1n) is 4.71. The van der Waals surface area contributed by atoms with Crippen LogP contribution in [0, 0.1) is 0 Å². The predicted molar refractivity (Wildman–Crippen MR) is 62.7 cm³/mol. The number of sulfonamides is 1. The van der Waals surface area contributed by atoms with Crippen LogP contribution in [-0.2, 0) is 17.1 Å². The third-order valence-electron chi connectivity index (χ3n) is 2.05. The summed E-state index contributed by atoms with van der Waals surface area (Å²) in [6, 6.07) is 2.90. The lowest BCUT2D eigenvalue weighted by molar-refractivity contribution is 0.601. The Morgan fingerprint density at radius 1 is 1.47 bits per heavy atom. The Morgan fingerprint density at radius 3 is 2.82 bits per heavy atom. The molecule has 0 aliphatic rings. The highest BCUT2D eigenvalue weighted by molar-refractivity contribution is 7.92. The van der Waals surface area contributed by atoms with Gasteiger partial charge in [-0.15, -0.1) is 0 Å². The van der Waals surface area contributed by atoms with Crippen molar-refractivity contribution in [2.24, 2.45) is 7.05 Å². The summed E-state index contributed by atoms with van der Waals surface area (Å²) in [6.07, 6.45) is 4.38. The third kappa shape index (κ3) is 2.36. The molecule has 0 aliphatic heterocycles. The van der Waals surface area contributed by atoms with Crippen LogP contribution < -0.4 is 10.5 Å². The van der Waals surface area contributed by atoms with Gasteiger partial charge in [0.05, 0.1) is 11.9 Å². The van der Waals surface area contributed by atoms with Gasteiger partial charge < -0.3 is 5.73 Å². The number of nitrogens with zero attached hydrogens (tertiary/aromatic N) is 3. The van der Waals surface area contributed by atoms with Gasteiger partial charge in [-0.1, -0.05) is 0 Å². The average molecular weight is 253 g/mol. The van der Waals surface area contributed by atoms with E-state index in [4.69, 9.17) is 5.73 Å². The second-order valence-corrected chi connectivity index (χ2v) is 5.05. The summed E-state index contributed by atoms with van der Waals surface area (Å²) >= 11 is 0. The highest BCUT2D eigenvalue weighted by Gasteiger charge is 2.18. The highest BCUT2D eigenvalue weighted by Crippen LogP contribution is 2.18. The monoisotopic (exact) mass is 253 g/mol. The number of rotatable bonds is 3. The second kappa shape index (κ2) is 4.06. The molecule has 0 radical (unpaired) electrons. The number of anilines is 2. The number of aryl methyl sites for hydroxylation is 1. The van der Waals surface area contributed by atoms with E-state index >= 15 is 0 Å². The molecule has 0 bridgehead atoms. The van der Waals surface area contributed by atoms with E-state index in [1.807, 2.05) is 0 Å². The van der Waals surface area contributed by atoms with E-state index in [1.165, 1.54) is 29.2 Å². The first kappa shape index (κ1) is 11.4. The molecule has 17 heavy (non-hydrogen) atoms. The number of aromatic nitrogens is 3. The molecule has 3 N–H and O–H groups in total. The molecular formula is C9H11N5O2S. The van der Waals surface area contributed by atoms with Gasteiger partial charge in [0, 0.05) is 19.4 Å². The number of nitrogen functional groups attached to an aromatic ring is 1. The van der Waals surface area contributed by atoms with Crippen molar-refractivity contribution >= 4 is 21.5 Å². The normalized spacial score (nSPS) is 11.4. The molecule has 90 valence electrons. The smallest absolute Gasteiger partial charge is 0.265 e. The minimum Gasteiger partial charge on any atom is -0.383 e. The molecule has 0 unspecified atom stereocenters. The van der Waals surface area contributed by atoms with E-state index in [0.29, 0.717) is 5.69 Å². The maximum atomic E-state index is 12.0. The summed E-state index contributed by atoms with van der Waals surface area (Å²) in [6.45, 7) is 0. The summed E-state index contributed by atoms with van der Waals surface area (Å²) < 4.78 is 27.8. The Bertz CT molecular complexity index is 634. The molecule has 7 nitrogen and oxygen atoms in total. The van der Waals surface area contributed by atoms with Crippen LogP contribution >= 0.6 is 0 Å². The van der Waals surface area contributed by atoms with Crippen molar-refractivity contribution in [3.8, 4) is 0 Å². The van der Waals surface area contributed by atoms with Gasteiger partial charge in [0.15, 0.2) is 0 Å². The summed E-state index contributed by atoms with van der Waals surface area (Å²) in [5, 5.41) is 3.86. The Balaban J connectivity index is 2.35. The summed E-state index contributed by atoms with van der Waals surface area (Å²) in [7, 11) is -2.03. The minimum absolute atomic E-state index is 0.0381. The van der Waals surface area contributed by atoms with Crippen LogP contribution in [0.4, 0.5) is 11.5 Å². The fraction of sp³-hybridized carbons (Fsp3) is 0.111. The Hall–Kier alpha value is -2.09. The number of pyridine rings is 1. The van der Waals surface area contributed by atoms with Crippen molar-refractivity contribution in [1.29, 1.82) is 0 Å². The molecule has 0 amide bonds. The topological polar surface area (TPSA) is 103 Å². The van der Waals surface area contributed by atoms with Crippen LogP contribution in [0.2, 0.25) is 0 Å². The van der Waals surface area contributed by atoms with Gasteiger partial charge in [-0.3, -0.25) is 9.40 Å².